The normalized spacial score (nSPS) is 20.4. The van der Waals surface area contributed by atoms with Crippen molar-refractivity contribution in [1.82, 2.24) is 19.8 Å². The van der Waals surface area contributed by atoms with Crippen LogP contribution in [0.4, 0.5) is 10.5 Å². The van der Waals surface area contributed by atoms with Crippen LogP contribution in [-0.4, -0.2) is 56.7 Å². The number of fused-ring (bicyclic) bond motifs is 2. The molecule has 4 aromatic rings. The van der Waals surface area contributed by atoms with Crippen molar-refractivity contribution < 1.29 is 23.9 Å². The molecule has 5 heterocycles. The summed E-state index contributed by atoms with van der Waals surface area (Å²) in [6.07, 6.45) is 2.40. The van der Waals surface area contributed by atoms with Crippen LogP contribution in [0.1, 0.15) is 48.4 Å². The highest BCUT2D eigenvalue weighted by molar-refractivity contribution is 7.19. The van der Waals surface area contributed by atoms with E-state index in [1.165, 1.54) is 16.2 Å². The molecule has 11 heteroatoms. The first-order valence-corrected chi connectivity index (χ1v) is 16.8. The Balaban J connectivity index is 1.06. The van der Waals surface area contributed by atoms with Gasteiger partial charge in [-0.2, -0.15) is 0 Å². The molecule has 10 nitrogen and oxygen atoms in total. The van der Waals surface area contributed by atoms with Gasteiger partial charge in [-0.3, -0.25) is 29.3 Å². The van der Waals surface area contributed by atoms with E-state index in [1.807, 2.05) is 76.2 Å². The number of amides is 4. The number of piperidine rings is 2. The van der Waals surface area contributed by atoms with Crippen LogP contribution in [-0.2, 0) is 32.3 Å². The van der Waals surface area contributed by atoms with Crippen LogP contribution in [0.5, 0.6) is 0 Å². The molecule has 47 heavy (non-hydrogen) atoms. The van der Waals surface area contributed by atoms with Gasteiger partial charge >= 0.3 is 6.09 Å². The molecule has 0 bridgehead atoms. The maximum absolute atomic E-state index is 13.6. The third kappa shape index (κ3) is 5.66. The van der Waals surface area contributed by atoms with Crippen LogP contribution in [0.3, 0.4) is 0 Å². The molecule has 3 aliphatic rings. The van der Waals surface area contributed by atoms with Crippen molar-refractivity contribution in [3.05, 3.63) is 76.4 Å². The molecular weight excluding hydrogens is 614 g/mol. The summed E-state index contributed by atoms with van der Waals surface area (Å²) in [5.74, 6) is -0.992. The van der Waals surface area contributed by atoms with E-state index < -0.39 is 0 Å². The van der Waals surface area contributed by atoms with Crippen molar-refractivity contribution in [2.45, 2.75) is 53.7 Å². The van der Waals surface area contributed by atoms with Gasteiger partial charge in [-0.25, -0.2) is 4.79 Å². The number of ether oxygens (including phenoxy) is 1. The minimum atomic E-state index is -0.371. The molecule has 2 unspecified atom stereocenters. The van der Waals surface area contributed by atoms with Crippen molar-refractivity contribution >= 4 is 51.1 Å². The number of aryl methyl sites for hydroxylation is 2. The summed E-state index contributed by atoms with van der Waals surface area (Å²) in [5.41, 5.74) is 5.24. The average molecular weight is 652 g/mol. The van der Waals surface area contributed by atoms with Gasteiger partial charge in [0.25, 0.3) is 0 Å². The summed E-state index contributed by atoms with van der Waals surface area (Å²) in [7, 11) is 0. The highest BCUT2D eigenvalue weighted by atomic mass is 32.1. The fourth-order valence-corrected chi connectivity index (χ4v) is 8.23. The standard InChI is InChI=1S/C36H37N5O5S/c1-20-16-21(2)38-30(29(20)39-32(42)23-11-14-40(15-12-23)35(45)46-19-22-8-6-5-7-9-22)25-10-13-37-26-17-24(47-31(25)26)18-41-33(43)27-28(34(41)44)36(27,3)4/h5-10,13,16-17,23,27-28H,11-12,14-15,18-19H2,1-4H3,(H,39,42). The van der Waals surface area contributed by atoms with Crippen LogP contribution in [0.25, 0.3) is 21.5 Å². The second-order valence-corrected chi connectivity index (χ2v) is 14.6. The topological polar surface area (TPSA) is 122 Å². The summed E-state index contributed by atoms with van der Waals surface area (Å²) in [5, 5.41) is 3.17. The number of imide groups is 1. The Labute approximate surface area is 277 Å². The number of carbonyl (C=O) groups excluding carboxylic acids is 4. The van der Waals surface area contributed by atoms with Crippen LogP contribution in [0, 0.1) is 37.0 Å². The van der Waals surface area contributed by atoms with Crippen molar-refractivity contribution in [2.75, 3.05) is 18.4 Å². The number of hydrogen-bond acceptors (Lipinski definition) is 8. The zero-order valence-electron chi connectivity index (χ0n) is 26.9. The molecule has 242 valence electrons. The number of rotatable bonds is 7. The van der Waals surface area contributed by atoms with E-state index in [-0.39, 0.29) is 60.1 Å². The summed E-state index contributed by atoms with van der Waals surface area (Å²) >= 11 is 1.49. The Morgan fingerprint density at radius 3 is 2.43 bits per heavy atom. The van der Waals surface area contributed by atoms with Crippen molar-refractivity contribution in [3.8, 4) is 11.3 Å². The molecule has 1 saturated carbocycles. The summed E-state index contributed by atoms with van der Waals surface area (Å²) < 4.78 is 6.36. The molecule has 2 atom stereocenters. The smallest absolute Gasteiger partial charge is 0.410 e. The number of benzene rings is 1. The van der Waals surface area contributed by atoms with Crippen LogP contribution in [0.2, 0.25) is 0 Å². The van der Waals surface area contributed by atoms with Crippen LogP contribution >= 0.6 is 11.3 Å². The first-order valence-electron chi connectivity index (χ1n) is 16.0. The minimum Gasteiger partial charge on any atom is -0.445 e. The maximum atomic E-state index is 13.6. The molecule has 0 radical (unpaired) electrons. The second-order valence-electron chi connectivity index (χ2n) is 13.4. The number of carbonyl (C=O) groups is 4. The summed E-state index contributed by atoms with van der Waals surface area (Å²) in [6, 6.07) is 15.3. The molecular formula is C36H37N5O5S. The molecule has 1 aliphatic carbocycles. The van der Waals surface area contributed by atoms with E-state index in [4.69, 9.17) is 9.72 Å². The van der Waals surface area contributed by atoms with E-state index in [0.717, 1.165) is 37.5 Å². The fourth-order valence-electron chi connectivity index (χ4n) is 7.12. The predicted molar refractivity (Wildman–Crippen MR) is 178 cm³/mol. The summed E-state index contributed by atoms with van der Waals surface area (Å²) in [6.45, 7) is 9.14. The molecule has 7 rings (SSSR count). The van der Waals surface area contributed by atoms with Gasteiger partial charge < -0.3 is 15.0 Å². The largest absolute Gasteiger partial charge is 0.445 e. The maximum Gasteiger partial charge on any atom is 0.410 e. The zero-order chi connectivity index (χ0) is 33.0. The van der Waals surface area contributed by atoms with E-state index in [1.54, 1.807) is 11.1 Å². The van der Waals surface area contributed by atoms with E-state index in [0.29, 0.717) is 37.3 Å². The number of thiophene rings is 1. The first-order chi connectivity index (χ1) is 22.5. The van der Waals surface area contributed by atoms with Crippen LogP contribution in [0.15, 0.2) is 54.7 Å². The minimum absolute atomic E-state index is 0.0912. The van der Waals surface area contributed by atoms with Gasteiger partial charge in [0.2, 0.25) is 17.7 Å². The lowest BCUT2D eigenvalue weighted by molar-refractivity contribution is -0.143. The highest BCUT2D eigenvalue weighted by Crippen LogP contribution is 2.63. The van der Waals surface area contributed by atoms with Gasteiger partial charge in [-0.05, 0) is 61.4 Å². The summed E-state index contributed by atoms with van der Waals surface area (Å²) in [4.78, 5) is 65.6. The van der Waals surface area contributed by atoms with Crippen molar-refractivity contribution in [2.24, 2.45) is 23.2 Å². The van der Waals surface area contributed by atoms with Gasteiger partial charge in [0.15, 0.2) is 0 Å². The third-order valence-corrected chi connectivity index (χ3v) is 11.0. The molecule has 4 amide bonds. The molecule has 3 fully saturated rings. The predicted octanol–water partition coefficient (Wildman–Crippen LogP) is 6.10. The lowest BCUT2D eigenvalue weighted by atomic mass is 9.95. The number of likely N-dealkylation sites (tertiary alicyclic amines) is 2. The number of nitrogens with one attached hydrogen (secondary N) is 1. The average Bonchev–Trinajstić information content (AvgIpc) is 3.28. The third-order valence-electron chi connectivity index (χ3n) is 9.85. The lowest BCUT2D eigenvalue weighted by Crippen LogP contribution is -2.41. The van der Waals surface area contributed by atoms with E-state index in [2.05, 4.69) is 10.3 Å². The van der Waals surface area contributed by atoms with Gasteiger partial charge in [0.05, 0.1) is 40.0 Å². The number of nitrogens with zero attached hydrogens (tertiary/aromatic N) is 4. The Kier molecular flexibility index (Phi) is 7.82. The van der Waals surface area contributed by atoms with Gasteiger partial charge in [-0.15, -0.1) is 11.3 Å². The first kappa shape index (κ1) is 31.0. The molecule has 1 aromatic carbocycles. The van der Waals surface area contributed by atoms with E-state index >= 15 is 0 Å². The van der Waals surface area contributed by atoms with Crippen LogP contribution < -0.4 is 5.32 Å². The molecule has 2 aliphatic heterocycles. The Morgan fingerprint density at radius 2 is 1.72 bits per heavy atom. The zero-order valence-corrected chi connectivity index (χ0v) is 27.7. The number of hydrogen-bond donors (Lipinski definition) is 1. The SMILES string of the molecule is Cc1cc(C)c(NC(=O)C2CCN(C(=O)OCc3ccccc3)CC2)c(-c2ccnc3cc(CN4C(=O)C5C(C4=O)C5(C)C)sc23)n1. The second kappa shape index (κ2) is 11.9. The Bertz CT molecular complexity index is 1890. The Morgan fingerprint density at radius 1 is 1.02 bits per heavy atom. The van der Waals surface area contributed by atoms with Gasteiger partial charge in [0, 0.05) is 41.3 Å². The fraction of sp³-hybridized carbons (Fsp3) is 0.389. The Hall–Kier alpha value is -4.64. The number of anilines is 1. The number of pyridine rings is 2. The molecule has 0 spiro atoms. The van der Waals surface area contributed by atoms with Crippen molar-refractivity contribution in [3.63, 3.8) is 0 Å². The number of aromatic nitrogens is 2. The highest BCUT2D eigenvalue weighted by Gasteiger charge is 2.72. The van der Waals surface area contributed by atoms with Crippen molar-refractivity contribution in [1.29, 1.82) is 0 Å². The lowest BCUT2D eigenvalue weighted by Gasteiger charge is -2.31. The molecule has 1 N–H and O–H groups in total. The monoisotopic (exact) mass is 651 g/mol. The molecule has 3 aromatic heterocycles. The van der Waals surface area contributed by atoms with Gasteiger partial charge in [0.1, 0.15) is 6.61 Å². The van der Waals surface area contributed by atoms with Gasteiger partial charge in [-0.1, -0.05) is 44.2 Å². The quantitative estimate of drug-likeness (QED) is 0.240. The molecule has 2 saturated heterocycles. The van der Waals surface area contributed by atoms with E-state index in [9.17, 15) is 19.2 Å².